The zero-order valence-electron chi connectivity index (χ0n) is 17.8. The zero-order chi connectivity index (χ0) is 21.8. The van der Waals surface area contributed by atoms with Gasteiger partial charge in [-0.1, -0.05) is 12.1 Å². The number of anilines is 1. The number of nitrogens with zero attached hydrogens (tertiary/aromatic N) is 2. The fourth-order valence-corrected chi connectivity index (χ4v) is 5.05. The molecule has 166 valence electrons. The molecule has 4 rings (SSSR count). The molecule has 0 spiro atoms. The molecule has 8 heteroatoms. The number of carbonyl (C=O) groups excluding carboxylic acids is 1. The molecule has 0 atom stereocenters. The summed E-state index contributed by atoms with van der Waals surface area (Å²) in [5.41, 5.74) is 2.11. The molecule has 1 saturated heterocycles. The molecule has 1 amide bonds. The molecule has 0 aromatic heterocycles. The van der Waals surface area contributed by atoms with Crippen LogP contribution in [0.25, 0.3) is 0 Å². The van der Waals surface area contributed by atoms with E-state index in [1.807, 2.05) is 29.2 Å². The molecule has 2 fully saturated rings. The van der Waals surface area contributed by atoms with Crippen LogP contribution in [0.2, 0.25) is 0 Å². The van der Waals surface area contributed by atoms with Gasteiger partial charge in [0.2, 0.25) is 15.9 Å². The van der Waals surface area contributed by atoms with Crippen LogP contribution in [0.3, 0.4) is 0 Å². The van der Waals surface area contributed by atoms with Crippen LogP contribution in [0.1, 0.15) is 24.8 Å². The van der Waals surface area contributed by atoms with Crippen molar-refractivity contribution >= 4 is 21.6 Å². The van der Waals surface area contributed by atoms with E-state index in [1.54, 1.807) is 31.4 Å². The first-order chi connectivity index (χ1) is 14.9. The van der Waals surface area contributed by atoms with Crippen molar-refractivity contribution in [2.45, 2.75) is 36.6 Å². The van der Waals surface area contributed by atoms with Gasteiger partial charge in [0, 0.05) is 44.3 Å². The summed E-state index contributed by atoms with van der Waals surface area (Å²) in [6.45, 7) is 3.01. The van der Waals surface area contributed by atoms with E-state index in [4.69, 9.17) is 4.74 Å². The Morgan fingerprint density at radius 3 is 2.23 bits per heavy atom. The molecule has 31 heavy (non-hydrogen) atoms. The van der Waals surface area contributed by atoms with E-state index in [0.29, 0.717) is 25.9 Å². The molecule has 2 aromatic carbocycles. The maximum absolute atomic E-state index is 12.6. The summed E-state index contributed by atoms with van der Waals surface area (Å²) in [6, 6.07) is 14.9. The van der Waals surface area contributed by atoms with Crippen molar-refractivity contribution in [2.24, 2.45) is 0 Å². The number of ether oxygens (including phenoxy) is 1. The van der Waals surface area contributed by atoms with E-state index in [0.717, 1.165) is 42.9 Å². The van der Waals surface area contributed by atoms with Gasteiger partial charge in [-0.25, -0.2) is 13.1 Å². The highest BCUT2D eigenvalue weighted by Gasteiger charge is 2.28. The summed E-state index contributed by atoms with van der Waals surface area (Å²) in [7, 11) is -1.78. The number of hydrogen-bond donors (Lipinski definition) is 1. The predicted molar refractivity (Wildman–Crippen MR) is 120 cm³/mol. The van der Waals surface area contributed by atoms with Gasteiger partial charge in [0.05, 0.1) is 12.0 Å². The quantitative estimate of drug-likeness (QED) is 0.678. The van der Waals surface area contributed by atoms with E-state index < -0.39 is 10.0 Å². The summed E-state index contributed by atoms with van der Waals surface area (Å²) in [6.07, 6.45) is 2.85. The molecule has 0 bridgehead atoms. The van der Waals surface area contributed by atoms with Crippen LogP contribution in [0, 0.1) is 0 Å². The van der Waals surface area contributed by atoms with Gasteiger partial charge in [-0.3, -0.25) is 4.79 Å². The van der Waals surface area contributed by atoms with Crippen LogP contribution in [-0.4, -0.2) is 58.6 Å². The lowest BCUT2D eigenvalue weighted by molar-refractivity contribution is -0.131. The molecule has 1 N–H and O–H groups in total. The highest BCUT2D eigenvalue weighted by Crippen LogP contribution is 2.23. The number of rotatable bonds is 8. The maximum Gasteiger partial charge on any atom is 0.240 e. The predicted octanol–water partition coefficient (Wildman–Crippen LogP) is 2.42. The van der Waals surface area contributed by atoms with Crippen LogP contribution < -0.4 is 14.4 Å². The van der Waals surface area contributed by atoms with E-state index in [-0.39, 0.29) is 16.8 Å². The molecule has 1 aliphatic heterocycles. The van der Waals surface area contributed by atoms with Crippen molar-refractivity contribution in [3.8, 4) is 5.75 Å². The van der Waals surface area contributed by atoms with Crippen LogP contribution in [0.15, 0.2) is 53.4 Å². The molecule has 0 unspecified atom stereocenters. The first kappa shape index (κ1) is 21.6. The number of hydrogen-bond acceptors (Lipinski definition) is 5. The Balaban J connectivity index is 1.24. The van der Waals surface area contributed by atoms with Crippen LogP contribution >= 0.6 is 0 Å². The number of benzene rings is 2. The van der Waals surface area contributed by atoms with Gasteiger partial charge in [0.1, 0.15) is 5.75 Å². The molecular formula is C23H29N3O4S. The topological polar surface area (TPSA) is 79.0 Å². The summed E-state index contributed by atoms with van der Waals surface area (Å²) < 4.78 is 32.4. The number of sulfonamides is 1. The number of amides is 1. The molecule has 2 aromatic rings. The summed E-state index contributed by atoms with van der Waals surface area (Å²) >= 11 is 0. The second kappa shape index (κ2) is 9.28. The van der Waals surface area contributed by atoms with Gasteiger partial charge >= 0.3 is 0 Å². The largest absolute Gasteiger partial charge is 0.497 e. The summed E-state index contributed by atoms with van der Waals surface area (Å²) in [5, 5.41) is 0. The average molecular weight is 444 g/mol. The van der Waals surface area contributed by atoms with Gasteiger partial charge in [0.15, 0.2) is 0 Å². The first-order valence-corrected chi connectivity index (χ1v) is 12.2. The van der Waals surface area contributed by atoms with Gasteiger partial charge in [0.25, 0.3) is 0 Å². The molecule has 0 radical (unpaired) electrons. The Kier molecular flexibility index (Phi) is 6.48. The molecule has 1 heterocycles. The van der Waals surface area contributed by atoms with Gasteiger partial charge in [-0.05, 0) is 61.2 Å². The summed E-state index contributed by atoms with van der Waals surface area (Å²) in [5.74, 6) is 0.976. The highest BCUT2D eigenvalue weighted by molar-refractivity contribution is 7.89. The van der Waals surface area contributed by atoms with Crippen molar-refractivity contribution in [3.05, 3.63) is 54.1 Å². The van der Waals surface area contributed by atoms with Crippen molar-refractivity contribution in [2.75, 3.05) is 38.2 Å². The fraction of sp³-hybridized carbons (Fsp3) is 0.435. The monoisotopic (exact) mass is 443 g/mol. The van der Waals surface area contributed by atoms with Crippen molar-refractivity contribution in [1.29, 1.82) is 0 Å². The van der Waals surface area contributed by atoms with Gasteiger partial charge < -0.3 is 14.5 Å². The standard InChI is InChI=1S/C23H29N3O4S/c1-30-21-9-7-20(8-10-21)25-14-16-26(17-15-25)23(27)13-4-18-2-11-22(12-3-18)31(28,29)24-19-5-6-19/h2-3,7-12,19,24H,4-6,13-17H2,1H3. The van der Waals surface area contributed by atoms with E-state index in [1.165, 1.54) is 0 Å². The molecule has 2 aliphatic rings. The van der Waals surface area contributed by atoms with Crippen LogP contribution in [0.4, 0.5) is 5.69 Å². The number of carbonyl (C=O) groups is 1. The van der Waals surface area contributed by atoms with Gasteiger partial charge in [-0.15, -0.1) is 0 Å². The molecule has 1 saturated carbocycles. The SMILES string of the molecule is COc1ccc(N2CCN(C(=O)CCc3ccc(S(=O)(=O)NC4CC4)cc3)CC2)cc1. The lowest BCUT2D eigenvalue weighted by Crippen LogP contribution is -2.48. The number of aryl methyl sites for hydroxylation is 1. The molecule has 7 nitrogen and oxygen atoms in total. The minimum absolute atomic E-state index is 0.0903. The lowest BCUT2D eigenvalue weighted by Gasteiger charge is -2.36. The number of piperazine rings is 1. The van der Waals surface area contributed by atoms with E-state index >= 15 is 0 Å². The maximum atomic E-state index is 12.6. The van der Waals surface area contributed by atoms with E-state index in [2.05, 4.69) is 9.62 Å². The highest BCUT2D eigenvalue weighted by atomic mass is 32.2. The number of methoxy groups -OCH3 is 1. The second-order valence-corrected chi connectivity index (χ2v) is 9.82. The van der Waals surface area contributed by atoms with Crippen LogP contribution in [-0.2, 0) is 21.2 Å². The van der Waals surface area contributed by atoms with Crippen molar-refractivity contribution < 1.29 is 17.9 Å². The molecule has 1 aliphatic carbocycles. The first-order valence-electron chi connectivity index (χ1n) is 10.7. The van der Waals surface area contributed by atoms with Crippen molar-refractivity contribution in [1.82, 2.24) is 9.62 Å². The third-order valence-electron chi connectivity index (χ3n) is 5.83. The number of nitrogens with one attached hydrogen (secondary N) is 1. The zero-order valence-corrected chi connectivity index (χ0v) is 18.6. The Morgan fingerprint density at radius 2 is 1.65 bits per heavy atom. The minimum atomic E-state index is -3.43. The smallest absolute Gasteiger partial charge is 0.240 e. The minimum Gasteiger partial charge on any atom is -0.497 e. The Morgan fingerprint density at radius 1 is 1.00 bits per heavy atom. The summed E-state index contributed by atoms with van der Waals surface area (Å²) in [4.78, 5) is 17.1. The third-order valence-corrected chi connectivity index (χ3v) is 7.37. The Labute approximate surface area is 184 Å². The van der Waals surface area contributed by atoms with Crippen LogP contribution in [0.5, 0.6) is 5.75 Å². The normalized spacial score (nSPS) is 16.9. The fourth-order valence-electron chi connectivity index (χ4n) is 3.74. The molecular weight excluding hydrogens is 414 g/mol. The van der Waals surface area contributed by atoms with Crippen molar-refractivity contribution in [3.63, 3.8) is 0 Å². The lowest BCUT2D eigenvalue weighted by atomic mass is 10.1. The van der Waals surface area contributed by atoms with Gasteiger partial charge in [-0.2, -0.15) is 0 Å². The third kappa shape index (κ3) is 5.57. The second-order valence-electron chi connectivity index (χ2n) is 8.11. The average Bonchev–Trinajstić information content (AvgIpc) is 3.61. The Bertz CT molecular complexity index is 994. The van der Waals surface area contributed by atoms with E-state index in [9.17, 15) is 13.2 Å². The Hall–Kier alpha value is -2.58.